The number of aromatic amines is 1. The number of nitrogens with one attached hydrogen (secondary N) is 1. The van der Waals surface area contributed by atoms with Crippen molar-refractivity contribution in [3.8, 4) is 5.75 Å². The summed E-state index contributed by atoms with van der Waals surface area (Å²) in [5.41, 5.74) is 7.09. The van der Waals surface area contributed by atoms with Gasteiger partial charge in [-0.05, 0) is 59.9 Å². The third-order valence-electron chi connectivity index (χ3n) is 6.57. The van der Waals surface area contributed by atoms with Crippen molar-refractivity contribution < 1.29 is 4.74 Å². The maximum absolute atomic E-state index is 6.11. The Labute approximate surface area is 214 Å². The van der Waals surface area contributed by atoms with Crippen LogP contribution in [0, 0.1) is 0 Å². The van der Waals surface area contributed by atoms with Crippen LogP contribution >= 0.6 is 11.6 Å². The van der Waals surface area contributed by atoms with Gasteiger partial charge < -0.3 is 9.64 Å². The van der Waals surface area contributed by atoms with Crippen LogP contribution < -0.4 is 9.64 Å². The Balaban J connectivity index is 1.10. The largest absolute Gasteiger partial charge is 0.487 e. The van der Waals surface area contributed by atoms with Crippen LogP contribution in [0.15, 0.2) is 72.8 Å². The van der Waals surface area contributed by atoms with Crippen molar-refractivity contribution in [2.75, 3.05) is 11.4 Å². The van der Waals surface area contributed by atoms with Crippen LogP contribution in [-0.4, -0.2) is 32.2 Å². The molecule has 0 atom stereocenters. The molecule has 2 aromatic heterocycles. The molecule has 8 heteroatoms. The first-order valence-corrected chi connectivity index (χ1v) is 12.4. The summed E-state index contributed by atoms with van der Waals surface area (Å²) in [5.74, 6) is 1.57. The quantitative estimate of drug-likeness (QED) is 0.313. The molecule has 0 aliphatic carbocycles. The van der Waals surface area contributed by atoms with Gasteiger partial charge in [-0.25, -0.2) is 4.98 Å². The van der Waals surface area contributed by atoms with Crippen LogP contribution in [0.2, 0.25) is 5.02 Å². The molecule has 1 N–H and O–H groups in total. The number of fused-ring (bicyclic) bond motifs is 2. The first-order chi connectivity index (χ1) is 17.7. The second-order valence-corrected chi connectivity index (χ2v) is 9.43. The Bertz CT molecular complexity index is 1490. The molecule has 0 fully saturated rings. The van der Waals surface area contributed by atoms with Crippen LogP contribution in [0.25, 0.3) is 10.9 Å². The molecule has 1 aliphatic heterocycles. The van der Waals surface area contributed by atoms with Crippen molar-refractivity contribution in [1.29, 1.82) is 0 Å². The molecule has 3 aromatic carbocycles. The van der Waals surface area contributed by atoms with Crippen molar-refractivity contribution in [2.45, 2.75) is 32.4 Å². The highest BCUT2D eigenvalue weighted by Gasteiger charge is 2.22. The van der Waals surface area contributed by atoms with E-state index in [1.54, 1.807) is 0 Å². The number of nitrogens with zero attached hydrogens (tertiary/aromatic N) is 5. The van der Waals surface area contributed by atoms with E-state index in [0.29, 0.717) is 11.6 Å². The molecular weight excluding hydrogens is 472 g/mol. The maximum atomic E-state index is 6.11. The fourth-order valence-electron chi connectivity index (χ4n) is 4.80. The van der Waals surface area contributed by atoms with Gasteiger partial charge in [0.2, 0.25) is 0 Å². The third-order valence-corrected chi connectivity index (χ3v) is 6.81. The highest BCUT2D eigenvalue weighted by atomic mass is 35.5. The summed E-state index contributed by atoms with van der Waals surface area (Å²) in [6.45, 7) is 2.29. The van der Waals surface area contributed by atoms with Gasteiger partial charge in [0.25, 0.3) is 0 Å². The molecular formula is C28H25ClN6O. The first-order valence-electron chi connectivity index (χ1n) is 12.1. The van der Waals surface area contributed by atoms with E-state index in [1.807, 2.05) is 42.5 Å². The Morgan fingerprint density at radius 3 is 2.72 bits per heavy atom. The number of pyridine rings is 1. The zero-order valence-corrected chi connectivity index (χ0v) is 20.4. The fourth-order valence-corrected chi connectivity index (χ4v) is 4.96. The smallest absolute Gasteiger partial charge is 0.174 e. The summed E-state index contributed by atoms with van der Waals surface area (Å²) in [4.78, 5) is 7.14. The molecule has 0 bridgehead atoms. The second-order valence-electron chi connectivity index (χ2n) is 9.00. The predicted octanol–water partition coefficient (Wildman–Crippen LogP) is 5.33. The van der Waals surface area contributed by atoms with E-state index in [4.69, 9.17) is 16.3 Å². The molecule has 0 radical (unpaired) electrons. The minimum Gasteiger partial charge on any atom is -0.487 e. The molecule has 0 spiro atoms. The van der Waals surface area contributed by atoms with E-state index in [2.05, 4.69) is 60.8 Å². The highest BCUT2D eigenvalue weighted by Crippen LogP contribution is 2.34. The van der Waals surface area contributed by atoms with E-state index in [1.165, 1.54) is 22.4 Å². The third kappa shape index (κ3) is 4.88. The summed E-state index contributed by atoms with van der Waals surface area (Å²) < 4.78 is 6.01. The second kappa shape index (κ2) is 9.95. The Morgan fingerprint density at radius 1 is 0.972 bits per heavy atom. The summed E-state index contributed by atoms with van der Waals surface area (Å²) in [7, 11) is 0. The van der Waals surface area contributed by atoms with Gasteiger partial charge in [-0.3, -0.25) is 0 Å². The molecule has 0 unspecified atom stereocenters. The molecule has 5 aromatic rings. The number of ether oxygens (including phenoxy) is 1. The number of aryl methyl sites for hydroxylation is 2. The van der Waals surface area contributed by atoms with Gasteiger partial charge in [0, 0.05) is 35.6 Å². The minimum absolute atomic E-state index is 0.408. The number of tetrazole rings is 1. The van der Waals surface area contributed by atoms with Crippen molar-refractivity contribution in [2.24, 2.45) is 0 Å². The van der Waals surface area contributed by atoms with Gasteiger partial charge >= 0.3 is 0 Å². The lowest BCUT2D eigenvalue weighted by Crippen LogP contribution is -2.21. The average Bonchev–Trinajstić information content (AvgIpc) is 3.57. The number of benzene rings is 3. The lowest BCUT2D eigenvalue weighted by molar-refractivity contribution is 0.301. The van der Waals surface area contributed by atoms with Gasteiger partial charge in [-0.15, -0.1) is 10.2 Å². The number of rotatable bonds is 8. The zero-order valence-electron chi connectivity index (χ0n) is 19.7. The van der Waals surface area contributed by atoms with Crippen molar-refractivity contribution in [3.63, 3.8) is 0 Å². The molecule has 180 valence electrons. The monoisotopic (exact) mass is 496 g/mol. The first kappa shape index (κ1) is 22.5. The molecule has 1 aliphatic rings. The topological polar surface area (TPSA) is 79.8 Å². The number of hydrogen-bond donors (Lipinski definition) is 1. The van der Waals surface area contributed by atoms with Gasteiger partial charge in [0.15, 0.2) is 5.82 Å². The maximum Gasteiger partial charge on any atom is 0.174 e. The normalized spacial score (nSPS) is 12.8. The number of anilines is 1. The number of para-hydroxylation sites is 1. The molecule has 0 amide bonds. The van der Waals surface area contributed by atoms with Crippen LogP contribution in [0.1, 0.15) is 28.2 Å². The highest BCUT2D eigenvalue weighted by molar-refractivity contribution is 6.31. The van der Waals surface area contributed by atoms with E-state index in [-0.39, 0.29) is 0 Å². The van der Waals surface area contributed by atoms with Gasteiger partial charge in [0.05, 0.1) is 11.2 Å². The SMILES string of the molecule is Clc1ccc2ccc(COc3ccc(CN4CCc5cccc(CCc6nn[nH]n6)c54)cc3)nc2c1. The van der Waals surface area contributed by atoms with Gasteiger partial charge in [-0.1, -0.05) is 59.3 Å². The number of H-pyrrole nitrogens is 1. The van der Waals surface area contributed by atoms with Crippen molar-refractivity contribution >= 4 is 28.2 Å². The molecule has 3 heterocycles. The number of aromatic nitrogens is 5. The summed E-state index contributed by atoms with van der Waals surface area (Å²) in [6.07, 6.45) is 2.73. The summed E-state index contributed by atoms with van der Waals surface area (Å²) >= 11 is 6.11. The molecule has 7 nitrogen and oxygen atoms in total. The number of hydrogen-bond acceptors (Lipinski definition) is 6. The molecule has 0 saturated heterocycles. The standard InChI is InChI=1S/C28H25ClN6O/c29-23-9-6-20-7-10-24(30-26(20)16-23)18-36-25-11-4-19(5-12-25)17-35-15-14-22-3-1-2-21(28(22)35)8-13-27-31-33-34-32-27/h1-7,9-12,16H,8,13-15,17-18H2,(H,31,32,33,34). The Morgan fingerprint density at radius 2 is 1.86 bits per heavy atom. The van der Waals surface area contributed by atoms with E-state index >= 15 is 0 Å². The molecule has 0 saturated carbocycles. The van der Waals surface area contributed by atoms with Crippen molar-refractivity contribution in [1.82, 2.24) is 25.6 Å². The van der Waals surface area contributed by atoms with E-state index in [0.717, 1.165) is 60.5 Å². The van der Waals surface area contributed by atoms with E-state index in [9.17, 15) is 0 Å². The zero-order chi connectivity index (χ0) is 24.3. The molecule has 36 heavy (non-hydrogen) atoms. The van der Waals surface area contributed by atoms with E-state index < -0.39 is 0 Å². The Hall–Kier alpha value is -3.97. The lowest BCUT2D eigenvalue weighted by Gasteiger charge is -2.22. The average molecular weight is 497 g/mol. The Kier molecular flexibility index (Phi) is 6.22. The molecule has 6 rings (SSSR count). The minimum atomic E-state index is 0.408. The van der Waals surface area contributed by atoms with Crippen LogP contribution in [0.5, 0.6) is 5.75 Å². The summed E-state index contributed by atoms with van der Waals surface area (Å²) in [6, 6.07) is 24.7. The lowest BCUT2D eigenvalue weighted by atomic mass is 10.0. The predicted molar refractivity (Wildman–Crippen MR) is 140 cm³/mol. The van der Waals surface area contributed by atoms with Crippen LogP contribution in [-0.2, 0) is 32.4 Å². The summed E-state index contributed by atoms with van der Waals surface area (Å²) in [5, 5.41) is 16.1. The van der Waals surface area contributed by atoms with Crippen LogP contribution in [0.4, 0.5) is 5.69 Å². The fraction of sp³-hybridized carbons (Fsp3) is 0.214. The van der Waals surface area contributed by atoms with Gasteiger partial charge in [0.1, 0.15) is 12.4 Å². The van der Waals surface area contributed by atoms with Crippen molar-refractivity contribution in [3.05, 3.63) is 106 Å². The number of halogens is 1. The van der Waals surface area contributed by atoms with Crippen LogP contribution in [0.3, 0.4) is 0 Å². The van der Waals surface area contributed by atoms with Gasteiger partial charge in [-0.2, -0.15) is 5.21 Å².